The summed E-state index contributed by atoms with van der Waals surface area (Å²) < 4.78 is 91.6. The van der Waals surface area contributed by atoms with Gasteiger partial charge in [0, 0.05) is 41.5 Å². The van der Waals surface area contributed by atoms with Crippen molar-refractivity contribution in [2.45, 2.75) is 29.1 Å². The second-order valence-electron chi connectivity index (χ2n) is 7.79. The summed E-state index contributed by atoms with van der Waals surface area (Å²) in [4.78, 5) is -1.03. The fourth-order valence-corrected chi connectivity index (χ4v) is 5.00. The van der Waals surface area contributed by atoms with Crippen molar-refractivity contribution in [3.63, 3.8) is 0 Å². The minimum atomic E-state index is -4.67. The summed E-state index contributed by atoms with van der Waals surface area (Å²) in [6, 6.07) is 8.89. The van der Waals surface area contributed by atoms with Crippen molar-refractivity contribution < 1.29 is 53.9 Å². The van der Waals surface area contributed by atoms with Crippen LogP contribution >= 0.6 is 0 Å². The first-order valence-corrected chi connectivity index (χ1v) is 13.7. The Morgan fingerprint density at radius 1 is 0.556 bits per heavy atom. The Labute approximate surface area is 206 Å². The largest absolute Gasteiger partial charge is 0.507 e. The summed E-state index contributed by atoms with van der Waals surface area (Å²) in [5.41, 5.74) is 0.827. The maximum atomic E-state index is 11.8. The van der Waals surface area contributed by atoms with Crippen LogP contribution in [0.25, 0.3) is 0 Å². The van der Waals surface area contributed by atoms with Crippen LogP contribution in [0.3, 0.4) is 0 Å². The van der Waals surface area contributed by atoms with Gasteiger partial charge in [-0.2, -0.15) is 16.8 Å². The van der Waals surface area contributed by atoms with Crippen molar-refractivity contribution in [3.8, 4) is 17.2 Å². The number of hydrogen-bond donors (Lipinski definition) is 5. The van der Waals surface area contributed by atoms with E-state index in [-0.39, 0.29) is 58.8 Å². The summed E-state index contributed by atoms with van der Waals surface area (Å²) in [7, 11) is -12.5. The van der Waals surface area contributed by atoms with Crippen molar-refractivity contribution in [3.05, 3.63) is 75.8 Å². The molecule has 4 rings (SSSR count). The first kappa shape index (κ1) is 27.1. The summed E-state index contributed by atoms with van der Waals surface area (Å²) >= 11 is 0. The number of benzene rings is 3. The van der Waals surface area contributed by atoms with E-state index in [0.29, 0.717) is 11.1 Å². The molecule has 5 N–H and O–H groups in total. The molecule has 1 aliphatic rings. The van der Waals surface area contributed by atoms with Crippen molar-refractivity contribution >= 4 is 30.8 Å². The Balaban J connectivity index is 0.000000840. The number of para-hydroxylation sites is 1. The topological polar surface area (TPSA) is 221 Å². The molecule has 36 heavy (non-hydrogen) atoms. The summed E-state index contributed by atoms with van der Waals surface area (Å²) in [5, 5.41) is 32.3. The number of rotatable bonds is 2. The standard InChI is InChI=1S/C21H18O9S2.O3S/c22-19-11-2-1-3-12(19)5-14-8-18(32(28,29)30)10-16(21(14)24)6-15-9-17(31(25,26)27)7-13(4-11)20(15)23;1-4(2)3/h1-3,7-10,22-24H,4-6H2,(H,25,26,27)(H,28,29,30);. The van der Waals surface area contributed by atoms with E-state index in [1.165, 1.54) is 0 Å². The van der Waals surface area contributed by atoms with Gasteiger partial charge in [0.25, 0.3) is 20.2 Å². The highest BCUT2D eigenvalue weighted by atomic mass is 32.2. The fourth-order valence-electron chi connectivity index (χ4n) is 3.84. The normalized spacial score (nSPS) is 12.9. The zero-order valence-corrected chi connectivity index (χ0v) is 20.4. The molecule has 0 saturated carbocycles. The van der Waals surface area contributed by atoms with Crippen LogP contribution in [0.4, 0.5) is 0 Å². The van der Waals surface area contributed by atoms with Gasteiger partial charge in [-0.1, -0.05) is 18.2 Å². The molecule has 0 amide bonds. The van der Waals surface area contributed by atoms with Crippen LogP contribution in [-0.2, 0) is 50.1 Å². The average molecular weight is 559 g/mol. The van der Waals surface area contributed by atoms with Gasteiger partial charge in [0.05, 0.1) is 9.79 Å². The van der Waals surface area contributed by atoms with Crippen LogP contribution in [0.5, 0.6) is 17.2 Å². The Morgan fingerprint density at radius 2 is 0.806 bits per heavy atom. The monoisotopic (exact) mass is 558 g/mol. The number of fused-ring (bicyclic) bond motifs is 6. The van der Waals surface area contributed by atoms with Gasteiger partial charge in [-0.3, -0.25) is 9.11 Å². The lowest BCUT2D eigenvalue weighted by Crippen LogP contribution is -2.06. The van der Waals surface area contributed by atoms with Crippen LogP contribution in [0.2, 0.25) is 0 Å². The van der Waals surface area contributed by atoms with Crippen LogP contribution in [0.15, 0.2) is 52.3 Å². The van der Waals surface area contributed by atoms with Gasteiger partial charge in [-0.25, -0.2) is 0 Å². The molecule has 0 fully saturated rings. The summed E-state index contributed by atoms with van der Waals surface area (Å²) in [5.74, 6) is -0.883. The van der Waals surface area contributed by atoms with Crippen molar-refractivity contribution in [2.75, 3.05) is 0 Å². The third kappa shape index (κ3) is 6.00. The first-order valence-electron chi connectivity index (χ1n) is 9.79. The van der Waals surface area contributed by atoms with Gasteiger partial charge in [-0.15, -0.1) is 12.6 Å². The lowest BCUT2D eigenvalue weighted by Gasteiger charge is -2.18. The molecule has 0 spiro atoms. The van der Waals surface area contributed by atoms with E-state index < -0.39 is 40.6 Å². The van der Waals surface area contributed by atoms with Gasteiger partial charge >= 0.3 is 10.6 Å². The zero-order valence-electron chi connectivity index (χ0n) is 18.0. The maximum absolute atomic E-state index is 11.8. The van der Waals surface area contributed by atoms with Crippen LogP contribution in [0, 0.1) is 0 Å². The Kier molecular flexibility index (Phi) is 7.42. The smallest absolute Gasteiger partial charge is 0.425 e. The van der Waals surface area contributed by atoms with Crippen LogP contribution < -0.4 is 0 Å². The minimum absolute atomic E-state index is 0.0138. The highest BCUT2D eigenvalue weighted by molar-refractivity contribution is 7.86. The molecule has 0 aliphatic heterocycles. The molecular formula is C21H18O12S3. The van der Waals surface area contributed by atoms with E-state index in [9.17, 15) is 41.3 Å². The molecule has 6 bridgehead atoms. The van der Waals surface area contributed by atoms with Gasteiger partial charge in [0.1, 0.15) is 17.2 Å². The number of phenols is 3. The van der Waals surface area contributed by atoms with Crippen LogP contribution in [-0.4, -0.2) is 53.9 Å². The zero-order chi connectivity index (χ0) is 27.0. The summed E-state index contributed by atoms with van der Waals surface area (Å²) in [6.07, 6.45) is -0.416. The van der Waals surface area contributed by atoms with Crippen molar-refractivity contribution in [2.24, 2.45) is 0 Å². The molecule has 0 atom stereocenters. The maximum Gasteiger partial charge on any atom is 0.425 e. The molecule has 192 valence electrons. The van der Waals surface area contributed by atoms with Gasteiger partial charge in [-0.05, 0) is 35.4 Å². The lowest BCUT2D eigenvalue weighted by atomic mass is 9.91. The molecule has 1 aliphatic carbocycles. The molecule has 0 unspecified atom stereocenters. The van der Waals surface area contributed by atoms with E-state index >= 15 is 0 Å². The van der Waals surface area contributed by atoms with Crippen LogP contribution in [0.1, 0.15) is 33.4 Å². The molecule has 3 aromatic rings. The number of aromatic hydroxyl groups is 3. The van der Waals surface area contributed by atoms with Gasteiger partial charge < -0.3 is 15.3 Å². The molecule has 0 aromatic heterocycles. The molecule has 15 heteroatoms. The highest BCUT2D eigenvalue weighted by Crippen LogP contribution is 2.38. The summed E-state index contributed by atoms with van der Waals surface area (Å²) in [6.45, 7) is 0. The third-order valence-electron chi connectivity index (χ3n) is 5.42. The predicted octanol–water partition coefficient (Wildman–Crippen LogP) is 1.38. The molecule has 12 nitrogen and oxygen atoms in total. The quantitative estimate of drug-likeness (QED) is 0.220. The second-order valence-corrected chi connectivity index (χ2v) is 11.0. The van der Waals surface area contributed by atoms with E-state index in [0.717, 1.165) is 24.3 Å². The fraction of sp³-hybridized carbons (Fsp3) is 0.143. The molecule has 3 aromatic carbocycles. The molecular weight excluding hydrogens is 540 g/mol. The first-order chi connectivity index (χ1) is 16.6. The number of hydrogen-bond acceptors (Lipinski definition) is 10. The van der Waals surface area contributed by atoms with E-state index in [4.69, 9.17) is 12.6 Å². The Hall–Kier alpha value is -3.50. The second kappa shape index (κ2) is 9.87. The molecule has 0 saturated heterocycles. The van der Waals surface area contributed by atoms with E-state index in [1.807, 2.05) is 0 Å². The van der Waals surface area contributed by atoms with E-state index in [1.54, 1.807) is 18.2 Å². The third-order valence-corrected chi connectivity index (χ3v) is 7.09. The van der Waals surface area contributed by atoms with Crippen molar-refractivity contribution in [1.82, 2.24) is 0 Å². The molecule has 0 radical (unpaired) electrons. The molecule has 0 heterocycles. The Bertz CT molecular complexity index is 1580. The Morgan fingerprint density at radius 3 is 1.08 bits per heavy atom. The lowest BCUT2D eigenvalue weighted by molar-refractivity contribution is 0.449. The van der Waals surface area contributed by atoms with E-state index in [2.05, 4.69) is 0 Å². The van der Waals surface area contributed by atoms with Gasteiger partial charge in [0.15, 0.2) is 0 Å². The highest BCUT2D eigenvalue weighted by Gasteiger charge is 2.24. The SMILES string of the molecule is O=S(=O)(O)c1cc2c(O)c(c1)Cc1cc(S(=O)(=O)O)cc(c1O)Cc1cccc(c1O)C2.O=S(=O)=O. The average Bonchev–Trinajstić information content (AvgIpc) is 2.73. The predicted molar refractivity (Wildman–Crippen MR) is 122 cm³/mol. The van der Waals surface area contributed by atoms with Gasteiger partial charge in [0.2, 0.25) is 0 Å². The minimum Gasteiger partial charge on any atom is -0.507 e. The van der Waals surface area contributed by atoms with Crippen molar-refractivity contribution in [1.29, 1.82) is 0 Å². The number of phenolic OH excluding ortho intramolecular Hbond substituents is 3.